The van der Waals surface area contributed by atoms with Crippen LogP contribution in [0.4, 0.5) is 5.82 Å². The Morgan fingerprint density at radius 2 is 2.03 bits per heavy atom. The molecule has 1 aliphatic heterocycles. The molecule has 34 heavy (non-hydrogen) atoms. The summed E-state index contributed by atoms with van der Waals surface area (Å²) in [6, 6.07) is 3.74. The van der Waals surface area contributed by atoms with Crippen molar-refractivity contribution in [2.45, 2.75) is 65.9 Å². The van der Waals surface area contributed by atoms with Gasteiger partial charge in [0.15, 0.2) is 0 Å². The van der Waals surface area contributed by atoms with Crippen LogP contribution in [0.5, 0.6) is 0 Å². The quantitative estimate of drug-likeness (QED) is 0.248. The van der Waals surface area contributed by atoms with Crippen LogP contribution in [0.1, 0.15) is 64.0 Å². The zero-order valence-electron chi connectivity index (χ0n) is 20.4. The van der Waals surface area contributed by atoms with Crippen LogP contribution < -0.4 is 10.9 Å². The van der Waals surface area contributed by atoms with Crippen LogP contribution in [0.2, 0.25) is 0 Å². The van der Waals surface area contributed by atoms with Gasteiger partial charge in [-0.05, 0) is 51.3 Å². The topological polar surface area (TPSA) is 75.9 Å². The van der Waals surface area contributed by atoms with E-state index in [-0.39, 0.29) is 17.6 Å². The average Bonchev–Trinajstić information content (AvgIpc) is 3.06. The van der Waals surface area contributed by atoms with Gasteiger partial charge in [-0.25, -0.2) is 4.98 Å². The highest BCUT2D eigenvalue weighted by Crippen LogP contribution is 2.33. The molecule has 3 heterocycles. The SMILES string of the molecule is CCCCCCN1C(=O)C(=Cc2c(NCCCOC(C)C)nc3c(C)cccn3c2=O)SC1=S. The molecule has 1 fully saturated rings. The highest BCUT2D eigenvalue weighted by Gasteiger charge is 2.32. The van der Waals surface area contributed by atoms with Gasteiger partial charge in [0.1, 0.15) is 15.8 Å². The predicted octanol–water partition coefficient (Wildman–Crippen LogP) is 5.01. The van der Waals surface area contributed by atoms with Gasteiger partial charge in [-0.15, -0.1) is 0 Å². The molecule has 0 aromatic carbocycles. The minimum absolute atomic E-state index is 0.142. The summed E-state index contributed by atoms with van der Waals surface area (Å²) in [7, 11) is 0. The molecule has 0 spiro atoms. The number of unbranched alkanes of at least 4 members (excludes halogenated alkanes) is 3. The van der Waals surface area contributed by atoms with E-state index in [2.05, 4.69) is 12.2 Å². The van der Waals surface area contributed by atoms with Crippen LogP contribution in [-0.2, 0) is 9.53 Å². The summed E-state index contributed by atoms with van der Waals surface area (Å²) in [4.78, 5) is 33.3. The van der Waals surface area contributed by atoms with E-state index in [9.17, 15) is 9.59 Å². The monoisotopic (exact) mass is 502 g/mol. The number of thiocarbonyl (C=S) groups is 1. The molecule has 184 valence electrons. The van der Waals surface area contributed by atoms with Gasteiger partial charge in [0.2, 0.25) is 0 Å². The van der Waals surface area contributed by atoms with E-state index in [0.29, 0.717) is 46.0 Å². The molecule has 2 aromatic heterocycles. The second-order valence-electron chi connectivity index (χ2n) is 8.66. The van der Waals surface area contributed by atoms with Crippen LogP contribution in [0.15, 0.2) is 28.0 Å². The number of fused-ring (bicyclic) bond motifs is 1. The molecule has 0 unspecified atom stereocenters. The molecule has 1 N–H and O–H groups in total. The smallest absolute Gasteiger partial charge is 0.267 e. The summed E-state index contributed by atoms with van der Waals surface area (Å²) in [5, 5.41) is 3.29. The predicted molar refractivity (Wildman–Crippen MR) is 144 cm³/mol. The molecule has 7 nitrogen and oxygen atoms in total. The first kappa shape index (κ1) is 26.4. The standard InChI is InChI=1S/C25H34N4O3S2/c1-5-6-7-8-13-29-24(31)20(34-25(29)33)16-19-21(26-12-10-15-32-17(2)3)27-22-18(4)11-9-14-28(22)23(19)30/h9,11,14,16-17,26H,5-8,10,12-13,15H2,1-4H3. The van der Waals surface area contributed by atoms with Crippen LogP contribution in [0, 0.1) is 6.92 Å². The van der Waals surface area contributed by atoms with Crippen molar-refractivity contribution in [3.63, 3.8) is 0 Å². The van der Waals surface area contributed by atoms with E-state index in [1.165, 1.54) is 16.2 Å². The molecular formula is C25H34N4O3S2. The lowest BCUT2D eigenvalue weighted by atomic mass is 10.2. The maximum atomic E-state index is 13.4. The number of rotatable bonds is 12. The lowest BCUT2D eigenvalue weighted by Crippen LogP contribution is -2.29. The molecule has 0 aliphatic carbocycles. The van der Waals surface area contributed by atoms with Gasteiger partial charge < -0.3 is 10.1 Å². The number of ether oxygens (including phenoxy) is 1. The number of aromatic nitrogens is 2. The molecule has 1 aliphatic rings. The van der Waals surface area contributed by atoms with Crippen LogP contribution in [0.25, 0.3) is 11.7 Å². The number of aryl methyl sites for hydroxylation is 1. The molecule has 9 heteroatoms. The first-order valence-corrected chi connectivity index (χ1v) is 13.2. The van der Waals surface area contributed by atoms with Gasteiger partial charge in [0.25, 0.3) is 11.5 Å². The first-order valence-electron chi connectivity index (χ1n) is 12.0. The Morgan fingerprint density at radius 1 is 1.24 bits per heavy atom. The molecule has 3 rings (SSSR count). The molecular weight excluding hydrogens is 468 g/mol. The fraction of sp³-hybridized carbons (Fsp3) is 0.520. The Labute approximate surface area is 211 Å². The Balaban J connectivity index is 1.89. The van der Waals surface area contributed by atoms with Gasteiger partial charge in [-0.2, -0.15) is 0 Å². The lowest BCUT2D eigenvalue weighted by Gasteiger charge is -2.14. The van der Waals surface area contributed by atoms with Crippen molar-refractivity contribution in [3.05, 3.63) is 44.7 Å². The lowest BCUT2D eigenvalue weighted by molar-refractivity contribution is -0.122. The van der Waals surface area contributed by atoms with Gasteiger partial charge in [0.05, 0.1) is 16.6 Å². The number of nitrogens with zero attached hydrogens (tertiary/aromatic N) is 3. The molecule has 0 saturated carbocycles. The van der Waals surface area contributed by atoms with Gasteiger partial charge in [-0.1, -0.05) is 56.2 Å². The van der Waals surface area contributed by atoms with Crippen molar-refractivity contribution in [2.75, 3.05) is 25.0 Å². The maximum Gasteiger partial charge on any atom is 0.267 e. The molecule has 0 atom stereocenters. The summed E-state index contributed by atoms with van der Waals surface area (Å²) in [6.07, 6.45) is 8.54. The van der Waals surface area contributed by atoms with Gasteiger partial charge in [-0.3, -0.25) is 18.9 Å². The minimum Gasteiger partial charge on any atom is -0.379 e. The molecule has 1 saturated heterocycles. The number of pyridine rings is 1. The number of carbonyl (C=O) groups is 1. The molecule has 2 aromatic rings. The van der Waals surface area contributed by atoms with Crippen molar-refractivity contribution in [3.8, 4) is 0 Å². The largest absolute Gasteiger partial charge is 0.379 e. The van der Waals surface area contributed by atoms with Crippen molar-refractivity contribution in [2.24, 2.45) is 0 Å². The van der Waals surface area contributed by atoms with Crippen molar-refractivity contribution in [1.82, 2.24) is 14.3 Å². The fourth-order valence-electron chi connectivity index (χ4n) is 3.70. The summed E-state index contributed by atoms with van der Waals surface area (Å²) in [6.45, 7) is 9.90. The number of thioether (sulfide) groups is 1. The minimum atomic E-state index is -0.220. The molecule has 0 radical (unpaired) electrons. The number of amides is 1. The Morgan fingerprint density at radius 3 is 2.76 bits per heavy atom. The third kappa shape index (κ3) is 6.46. The summed E-state index contributed by atoms with van der Waals surface area (Å²) < 4.78 is 7.68. The number of anilines is 1. The van der Waals surface area contributed by atoms with Crippen molar-refractivity contribution in [1.29, 1.82) is 0 Å². The average molecular weight is 503 g/mol. The van der Waals surface area contributed by atoms with Crippen LogP contribution in [-0.4, -0.2) is 50.3 Å². The fourth-order valence-corrected chi connectivity index (χ4v) is 4.99. The van der Waals surface area contributed by atoms with Crippen LogP contribution >= 0.6 is 24.0 Å². The number of nitrogens with one attached hydrogen (secondary N) is 1. The Bertz CT molecular complexity index is 1130. The van der Waals surface area contributed by atoms with E-state index in [1.807, 2.05) is 32.9 Å². The van der Waals surface area contributed by atoms with Gasteiger partial charge in [0, 0.05) is 25.9 Å². The normalized spacial score (nSPS) is 15.3. The zero-order chi connectivity index (χ0) is 24.7. The van der Waals surface area contributed by atoms with Crippen molar-refractivity contribution < 1.29 is 9.53 Å². The van der Waals surface area contributed by atoms with E-state index in [4.69, 9.17) is 21.9 Å². The van der Waals surface area contributed by atoms with Crippen molar-refractivity contribution >= 4 is 51.7 Å². The second kappa shape index (κ2) is 12.5. The summed E-state index contributed by atoms with van der Waals surface area (Å²) in [5.41, 5.74) is 1.63. The number of carbonyl (C=O) groups excluding carboxylic acids is 1. The Kier molecular flexibility index (Phi) is 9.67. The maximum absolute atomic E-state index is 13.4. The highest BCUT2D eigenvalue weighted by atomic mass is 32.2. The number of hydrogen-bond donors (Lipinski definition) is 1. The van der Waals surface area contributed by atoms with E-state index in [0.717, 1.165) is 37.7 Å². The van der Waals surface area contributed by atoms with E-state index < -0.39 is 0 Å². The van der Waals surface area contributed by atoms with Gasteiger partial charge >= 0.3 is 0 Å². The Hall–Kier alpha value is -2.23. The van der Waals surface area contributed by atoms with E-state index in [1.54, 1.807) is 17.2 Å². The van der Waals surface area contributed by atoms with E-state index >= 15 is 0 Å². The molecule has 0 bridgehead atoms. The summed E-state index contributed by atoms with van der Waals surface area (Å²) in [5.74, 6) is 0.327. The third-order valence-corrected chi connectivity index (χ3v) is 6.91. The first-order chi connectivity index (χ1) is 16.3. The third-order valence-electron chi connectivity index (χ3n) is 5.53. The summed E-state index contributed by atoms with van der Waals surface area (Å²) >= 11 is 6.71. The van der Waals surface area contributed by atoms with Crippen LogP contribution in [0.3, 0.4) is 0 Å². The molecule has 1 amide bonds. The zero-order valence-corrected chi connectivity index (χ0v) is 22.1. The number of hydrogen-bond acceptors (Lipinski definition) is 7. The highest BCUT2D eigenvalue weighted by molar-refractivity contribution is 8.26. The second-order valence-corrected chi connectivity index (χ2v) is 10.3.